The third-order valence-corrected chi connectivity index (χ3v) is 7.29. The van der Waals surface area contributed by atoms with Gasteiger partial charge in [0.1, 0.15) is 11.3 Å². The first-order valence-corrected chi connectivity index (χ1v) is 12.8. The summed E-state index contributed by atoms with van der Waals surface area (Å²) in [4.78, 5) is 53.9. The van der Waals surface area contributed by atoms with Crippen molar-refractivity contribution in [3.8, 4) is 11.3 Å². The number of furan rings is 2. The lowest BCUT2D eigenvalue weighted by Crippen LogP contribution is -2.65. The van der Waals surface area contributed by atoms with E-state index < -0.39 is 16.4 Å². The fourth-order valence-corrected chi connectivity index (χ4v) is 5.13. The lowest BCUT2D eigenvalue weighted by Gasteiger charge is -2.43. The number of piperazine rings is 1. The summed E-state index contributed by atoms with van der Waals surface area (Å²) in [7, 11) is 0. The monoisotopic (exact) mass is 555 g/mol. The van der Waals surface area contributed by atoms with E-state index in [1.54, 1.807) is 21.9 Å². The predicted octanol–water partition coefficient (Wildman–Crippen LogP) is 2.94. The van der Waals surface area contributed by atoms with Crippen LogP contribution in [0.3, 0.4) is 0 Å². The standard InChI is InChI=1S/C26H26ClN5O7/c27-17-3-4-18(19(16-17)32(36)37)20-5-6-21(39-20)23(33)29-26(7-9-28-10-8-26)25(35)31-13-11-30(12-14-31)24(34)22-2-1-15-38-22/h1-6,15-16,28H,7-14H2,(H,29,33). The van der Waals surface area contributed by atoms with E-state index in [1.807, 2.05) is 0 Å². The third kappa shape index (κ3) is 5.38. The number of nitrogens with one attached hydrogen (secondary N) is 2. The van der Waals surface area contributed by atoms with Gasteiger partial charge in [0.2, 0.25) is 5.91 Å². The van der Waals surface area contributed by atoms with Crippen molar-refractivity contribution in [1.82, 2.24) is 20.4 Å². The Morgan fingerprint density at radius 1 is 1.00 bits per heavy atom. The highest BCUT2D eigenvalue weighted by atomic mass is 35.5. The van der Waals surface area contributed by atoms with Crippen molar-refractivity contribution in [2.75, 3.05) is 39.3 Å². The average molecular weight is 556 g/mol. The highest BCUT2D eigenvalue weighted by Gasteiger charge is 2.45. The van der Waals surface area contributed by atoms with E-state index in [0.717, 1.165) is 0 Å². The van der Waals surface area contributed by atoms with Crippen molar-refractivity contribution in [2.45, 2.75) is 18.4 Å². The number of carbonyl (C=O) groups excluding carboxylic acids is 3. The molecule has 1 aromatic carbocycles. The molecule has 2 aliphatic rings. The molecular formula is C26H26ClN5O7. The number of amides is 3. The van der Waals surface area contributed by atoms with Gasteiger partial charge in [-0.25, -0.2) is 0 Å². The maximum atomic E-state index is 13.8. The molecule has 0 spiro atoms. The summed E-state index contributed by atoms with van der Waals surface area (Å²) in [6.45, 7) is 2.39. The molecule has 0 atom stereocenters. The molecule has 3 aromatic rings. The summed E-state index contributed by atoms with van der Waals surface area (Å²) in [5.74, 6) is -0.743. The van der Waals surface area contributed by atoms with E-state index in [4.69, 9.17) is 20.4 Å². The molecule has 2 saturated heterocycles. The number of hydrogen-bond donors (Lipinski definition) is 2. The second-order valence-corrected chi connectivity index (χ2v) is 9.87. The molecule has 2 aliphatic heterocycles. The first kappa shape index (κ1) is 26.4. The molecule has 3 amide bonds. The summed E-state index contributed by atoms with van der Waals surface area (Å²) in [5, 5.41) is 17.8. The smallest absolute Gasteiger partial charge is 0.289 e. The van der Waals surface area contributed by atoms with Gasteiger partial charge in [-0.3, -0.25) is 24.5 Å². The molecule has 2 fully saturated rings. The van der Waals surface area contributed by atoms with Crippen LogP contribution in [0.2, 0.25) is 5.02 Å². The largest absolute Gasteiger partial charge is 0.459 e. The van der Waals surface area contributed by atoms with Crippen LogP contribution in [0.25, 0.3) is 11.3 Å². The molecule has 0 radical (unpaired) electrons. The Morgan fingerprint density at radius 3 is 2.38 bits per heavy atom. The van der Waals surface area contributed by atoms with E-state index >= 15 is 0 Å². The number of nitrogens with zero attached hydrogens (tertiary/aromatic N) is 3. The zero-order valence-electron chi connectivity index (χ0n) is 20.9. The topological polar surface area (TPSA) is 151 Å². The van der Waals surface area contributed by atoms with Crippen LogP contribution in [-0.2, 0) is 4.79 Å². The normalized spacial score (nSPS) is 17.1. The molecule has 2 aromatic heterocycles. The number of carbonyl (C=O) groups is 3. The highest BCUT2D eigenvalue weighted by Crippen LogP contribution is 2.33. The Balaban J connectivity index is 1.30. The van der Waals surface area contributed by atoms with Crippen molar-refractivity contribution in [2.24, 2.45) is 0 Å². The third-order valence-electron chi connectivity index (χ3n) is 7.06. The second kappa shape index (κ2) is 10.9. The van der Waals surface area contributed by atoms with Gasteiger partial charge in [0.05, 0.1) is 16.7 Å². The van der Waals surface area contributed by atoms with Crippen LogP contribution in [-0.4, -0.2) is 77.3 Å². The lowest BCUT2D eigenvalue weighted by atomic mass is 9.86. The first-order valence-electron chi connectivity index (χ1n) is 12.5. The van der Waals surface area contributed by atoms with Crippen molar-refractivity contribution in [3.63, 3.8) is 0 Å². The molecule has 0 bridgehead atoms. The summed E-state index contributed by atoms with van der Waals surface area (Å²) in [5.41, 5.74) is -1.23. The van der Waals surface area contributed by atoms with Gasteiger partial charge in [0.25, 0.3) is 17.5 Å². The molecule has 0 unspecified atom stereocenters. The minimum atomic E-state index is -1.16. The Hall–Kier alpha value is -4.16. The molecule has 39 heavy (non-hydrogen) atoms. The number of hydrogen-bond acceptors (Lipinski definition) is 8. The van der Waals surface area contributed by atoms with Gasteiger partial charge in [-0.15, -0.1) is 0 Å². The van der Waals surface area contributed by atoms with Gasteiger partial charge in [0, 0.05) is 37.3 Å². The first-order chi connectivity index (χ1) is 18.8. The number of piperidine rings is 1. The Kier molecular flexibility index (Phi) is 7.40. The van der Waals surface area contributed by atoms with E-state index in [9.17, 15) is 24.5 Å². The van der Waals surface area contributed by atoms with Crippen LogP contribution in [0.15, 0.2) is 57.6 Å². The molecule has 0 aliphatic carbocycles. The lowest BCUT2D eigenvalue weighted by molar-refractivity contribution is -0.384. The molecule has 0 saturated carbocycles. The van der Waals surface area contributed by atoms with Crippen LogP contribution in [0.1, 0.15) is 34.0 Å². The van der Waals surface area contributed by atoms with Crippen LogP contribution < -0.4 is 10.6 Å². The second-order valence-electron chi connectivity index (χ2n) is 9.43. The van der Waals surface area contributed by atoms with Crippen molar-refractivity contribution >= 4 is 35.0 Å². The van der Waals surface area contributed by atoms with Crippen LogP contribution in [0.5, 0.6) is 0 Å². The minimum Gasteiger partial charge on any atom is -0.459 e. The fraction of sp³-hybridized carbons (Fsp3) is 0.346. The Bertz CT molecular complexity index is 1390. The summed E-state index contributed by atoms with van der Waals surface area (Å²) < 4.78 is 10.9. The van der Waals surface area contributed by atoms with Gasteiger partial charge in [-0.1, -0.05) is 11.6 Å². The highest BCUT2D eigenvalue weighted by molar-refractivity contribution is 6.30. The maximum Gasteiger partial charge on any atom is 0.289 e. The zero-order valence-corrected chi connectivity index (χ0v) is 21.6. The molecule has 5 rings (SSSR count). The average Bonchev–Trinajstić information content (AvgIpc) is 3.66. The van der Waals surface area contributed by atoms with Crippen LogP contribution in [0, 0.1) is 10.1 Å². The maximum absolute atomic E-state index is 13.8. The van der Waals surface area contributed by atoms with E-state index in [2.05, 4.69) is 10.6 Å². The number of nitro groups is 1. The summed E-state index contributed by atoms with van der Waals surface area (Å²) in [6, 6.07) is 10.3. The fourth-order valence-electron chi connectivity index (χ4n) is 4.97. The van der Waals surface area contributed by atoms with Crippen molar-refractivity contribution in [3.05, 3.63) is 75.4 Å². The van der Waals surface area contributed by atoms with Crippen molar-refractivity contribution < 1.29 is 28.1 Å². The molecule has 2 N–H and O–H groups in total. The molecule has 4 heterocycles. The quantitative estimate of drug-likeness (QED) is 0.348. The van der Waals surface area contributed by atoms with Gasteiger partial charge in [-0.2, -0.15) is 0 Å². The minimum absolute atomic E-state index is 0.0752. The number of nitro benzene ring substituents is 1. The Morgan fingerprint density at radius 2 is 1.72 bits per heavy atom. The van der Waals surface area contributed by atoms with Crippen LogP contribution >= 0.6 is 11.6 Å². The summed E-state index contributed by atoms with van der Waals surface area (Å²) in [6.07, 6.45) is 2.19. The van der Waals surface area contributed by atoms with Gasteiger partial charge in [-0.05, 0) is 62.3 Å². The van der Waals surface area contributed by atoms with E-state index in [-0.39, 0.29) is 45.4 Å². The summed E-state index contributed by atoms with van der Waals surface area (Å²) >= 11 is 5.90. The zero-order chi connectivity index (χ0) is 27.6. The molecule has 12 nitrogen and oxygen atoms in total. The number of rotatable bonds is 6. The molecular weight excluding hydrogens is 530 g/mol. The van der Waals surface area contributed by atoms with Gasteiger partial charge < -0.3 is 29.3 Å². The Labute approximate surface area is 228 Å². The molecule has 204 valence electrons. The molecule has 13 heteroatoms. The van der Waals surface area contributed by atoms with Crippen LogP contribution in [0.4, 0.5) is 5.69 Å². The number of benzene rings is 1. The van der Waals surface area contributed by atoms with E-state index in [0.29, 0.717) is 52.1 Å². The van der Waals surface area contributed by atoms with Gasteiger partial charge >= 0.3 is 0 Å². The SMILES string of the molecule is O=C(NC1(C(=O)N2CCN(C(=O)c3ccco3)CC2)CCNCC1)c1ccc(-c2ccc(Cl)cc2[N+](=O)[O-])o1. The van der Waals surface area contributed by atoms with E-state index in [1.165, 1.54) is 36.6 Å². The van der Waals surface area contributed by atoms with Gasteiger partial charge in [0.15, 0.2) is 11.5 Å². The number of halogens is 1. The van der Waals surface area contributed by atoms with Crippen molar-refractivity contribution in [1.29, 1.82) is 0 Å². The predicted molar refractivity (Wildman–Crippen MR) is 139 cm³/mol.